The first-order valence-electron chi connectivity index (χ1n) is 10.8. The van der Waals surface area contributed by atoms with E-state index in [0.717, 1.165) is 0 Å². The Kier molecular flexibility index (Phi) is 6.77. The van der Waals surface area contributed by atoms with E-state index >= 15 is 0 Å². The van der Waals surface area contributed by atoms with Gasteiger partial charge in [0, 0.05) is 22.3 Å². The molecule has 7 heteroatoms. The largest absolute Gasteiger partial charge is 0.480 e. The lowest BCUT2D eigenvalue weighted by Gasteiger charge is -2.26. The molecule has 168 valence electrons. The van der Waals surface area contributed by atoms with Crippen molar-refractivity contribution in [1.29, 1.82) is 0 Å². The molecule has 3 unspecified atom stereocenters. The van der Waals surface area contributed by atoms with Crippen molar-refractivity contribution in [2.75, 3.05) is 0 Å². The second kappa shape index (κ2) is 9.34. The summed E-state index contributed by atoms with van der Waals surface area (Å²) in [7, 11) is 0. The molecule has 2 aromatic rings. The minimum Gasteiger partial charge on any atom is -0.480 e. The third kappa shape index (κ3) is 4.28. The van der Waals surface area contributed by atoms with Gasteiger partial charge in [-0.2, -0.15) is 0 Å². The number of amides is 2. The Morgan fingerprint density at radius 1 is 0.875 bits per heavy atom. The van der Waals surface area contributed by atoms with Crippen LogP contribution in [0.3, 0.4) is 0 Å². The van der Waals surface area contributed by atoms with Crippen molar-refractivity contribution in [1.82, 2.24) is 10.6 Å². The van der Waals surface area contributed by atoms with Crippen LogP contribution < -0.4 is 10.6 Å². The van der Waals surface area contributed by atoms with Crippen LogP contribution in [0.2, 0.25) is 0 Å². The van der Waals surface area contributed by atoms with Crippen LogP contribution in [0.5, 0.6) is 0 Å². The molecule has 3 atom stereocenters. The molecule has 0 saturated carbocycles. The van der Waals surface area contributed by atoms with Crippen molar-refractivity contribution in [2.45, 2.75) is 46.2 Å². The lowest BCUT2D eigenvalue weighted by Crippen LogP contribution is -2.55. The van der Waals surface area contributed by atoms with Crippen LogP contribution >= 0.6 is 0 Å². The van der Waals surface area contributed by atoms with E-state index in [0.29, 0.717) is 34.2 Å². The Morgan fingerprint density at radius 3 is 2.09 bits per heavy atom. The van der Waals surface area contributed by atoms with Gasteiger partial charge < -0.3 is 15.7 Å². The van der Waals surface area contributed by atoms with E-state index in [1.165, 1.54) is 0 Å². The van der Waals surface area contributed by atoms with Gasteiger partial charge in [0.2, 0.25) is 5.91 Å². The molecule has 3 N–H and O–H groups in total. The van der Waals surface area contributed by atoms with Crippen LogP contribution in [-0.4, -0.2) is 40.8 Å². The van der Waals surface area contributed by atoms with Gasteiger partial charge in [-0.25, -0.2) is 4.79 Å². The van der Waals surface area contributed by atoms with Crippen molar-refractivity contribution in [3.8, 4) is 11.1 Å². The maximum atomic E-state index is 13.2. The molecular formula is C25H28N2O5. The summed E-state index contributed by atoms with van der Waals surface area (Å²) in [6.45, 7) is 7.16. The summed E-state index contributed by atoms with van der Waals surface area (Å²) in [5.41, 5.74) is 2.53. The summed E-state index contributed by atoms with van der Waals surface area (Å²) in [6, 6.07) is 10.1. The van der Waals surface area contributed by atoms with E-state index in [2.05, 4.69) is 10.6 Å². The molecule has 1 aliphatic rings. The first-order chi connectivity index (χ1) is 15.2. The molecule has 0 radical (unpaired) electrons. The number of nitrogens with one attached hydrogen (secondary N) is 2. The number of fused-ring (bicyclic) bond motifs is 3. The van der Waals surface area contributed by atoms with Crippen molar-refractivity contribution < 1.29 is 24.3 Å². The second-order valence-electron chi connectivity index (χ2n) is 8.51. The number of carbonyl (C=O) groups excluding carboxylic acids is 3. The smallest absolute Gasteiger partial charge is 0.326 e. The van der Waals surface area contributed by atoms with E-state index in [1.54, 1.807) is 63.2 Å². The van der Waals surface area contributed by atoms with Gasteiger partial charge in [-0.1, -0.05) is 70.5 Å². The highest BCUT2D eigenvalue weighted by molar-refractivity contribution is 6.24. The van der Waals surface area contributed by atoms with Crippen LogP contribution in [-0.2, 0) is 9.59 Å². The van der Waals surface area contributed by atoms with E-state index in [9.17, 15) is 24.3 Å². The fourth-order valence-electron chi connectivity index (χ4n) is 3.95. The molecule has 7 nitrogen and oxygen atoms in total. The van der Waals surface area contributed by atoms with Gasteiger partial charge in [0.05, 0.1) is 0 Å². The van der Waals surface area contributed by atoms with Gasteiger partial charge in [0.25, 0.3) is 5.91 Å². The normalized spacial score (nSPS) is 14.8. The first kappa shape index (κ1) is 23.2. The average molecular weight is 437 g/mol. The highest BCUT2D eigenvalue weighted by Crippen LogP contribution is 2.38. The molecule has 0 saturated heterocycles. The molecule has 2 aromatic carbocycles. The highest BCUT2D eigenvalue weighted by atomic mass is 16.4. The molecule has 2 amide bonds. The van der Waals surface area contributed by atoms with E-state index < -0.39 is 29.9 Å². The van der Waals surface area contributed by atoms with Crippen molar-refractivity contribution >= 4 is 23.6 Å². The summed E-state index contributed by atoms with van der Waals surface area (Å²) >= 11 is 0. The Bertz CT molecular complexity index is 1080. The molecule has 0 heterocycles. The van der Waals surface area contributed by atoms with Crippen molar-refractivity contribution in [3.63, 3.8) is 0 Å². The topological polar surface area (TPSA) is 113 Å². The molecule has 1 aliphatic carbocycles. The van der Waals surface area contributed by atoms with Crippen LogP contribution in [0.25, 0.3) is 11.1 Å². The van der Waals surface area contributed by atoms with Gasteiger partial charge in [-0.05, 0) is 23.5 Å². The summed E-state index contributed by atoms with van der Waals surface area (Å²) in [4.78, 5) is 50.5. The molecule has 0 spiro atoms. The predicted molar refractivity (Wildman–Crippen MR) is 120 cm³/mol. The molecule has 3 rings (SSSR count). The van der Waals surface area contributed by atoms with E-state index in [4.69, 9.17) is 0 Å². The highest BCUT2D eigenvalue weighted by Gasteiger charge is 2.34. The Hall–Kier alpha value is -3.48. The molecule has 0 aliphatic heterocycles. The van der Waals surface area contributed by atoms with Gasteiger partial charge in [0.1, 0.15) is 12.1 Å². The number of hydrogen-bond acceptors (Lipinski definition) is 4. The lowest BCUT2D eigenvalue weighted by molar-refractivity contribution is -0.143. The molecular weight excluding hydrogens is 408 g/mol. The van der Waals surface area contributed by atoms with Gasteiger partial charge in [-0.3, -0.25) is 14.4 Å². The third-order valence-corrected chi connectivity index (χ3v) is 6.01. The number of rotatable bonds is 8. The fourth-order valence-corrected chi connectivity index (χ4v) is 3.95. The summed E-state index contributed by atoms with van der Waals surface area (Å²) in [5, 5.41) is 14.8. The number of benzene rings is 2. The molecule has 0 aromatic heterocycles. The van der Waals surface area contributed by atoms with Gasteiger partial charge in [0.15, 0.2) is 5.78 Å². The van der Waals surface area contributed by atoms with Crippen LogP contribution in [0.15, 0.2) is 42.5 Å². The van der Waals surface area contributed by atoms with Crippen molar-refractivity contribution in [2.24, 2.45) is 11.8 Å². The molecule has 32 heavy (non-hydrogen) atoms. The monoisotopic (exact) mass is 436 g/mol. The number of hydrogen-bond donors (Lipinski definition) is 3. The SMILES string of the molecule is CCC(C)C(NC(=O)C(NC(=O)c1cccc2c1-c1ccccc1C2=O)C(C)C)C(=O)O. The van der Waals surface area contributed by atoms with Crippen LogP contribution in [0.4, 0.5) is 0 Å². The van der Waals surface area contributed by atoms with Crippen LogP contribution in [0, 0.1) is 11.8 Å². The molecule has 0 fully saturated rings. The third-order valence-electron chi connectivity index (χ3n) is 6.01. The Morgan fingerprint density at radius 2 is 1.50 bits per heavy atom. The number of carbonyl (C=O) groups is 4. The maximum Gasteiger partial charge on any atom is 0.326 e. The fraction of sp³-hybridized carbons (Fsp3) is 0.360. The van der Waals surface area contributed by atoms with Gasteiger partial charge in [-0.15, -0.1) is 0 Å². The number of aliphatic carboxylic acids is 1. The number of ketones is 1. The minimum absolute atomic E-state index is 0.138. The maximum absolute atomic E-state index is 13.2. The quantitative estimate of drug-likeness (QED) is 0.502. The first-order valence-corrected chi connectivity index (χ1v) is 10.8. The lowest BCUT2D eigenvalue weighted by atomic mass is 9.96. The Balaban J connectivity index is 1.89. The minimum atomic E-state index is -1.11. The second-order valence-corrected chi connectivity index (χ2v) is 8.51. The van der Waals surface area contributed by atoms with Crippen molar-refractivity contribution in [3.05, 3.63) is 59.2 Å². The number of carboxylic acid groups (broad SMARTS) is 1. The van der Waals surface area contributed by atoms with Gasteiger partial charge >= 0.3 is 5.97 Å². The Labute approximate surface area is 187 Å². The standard InChI is InChI=1S/C25H28N2O5/c1-5-14(4)21(25(31)32)27-24(30)20(13(2)3)26-23(29)18-12-8-11-17-19(18)15-9-6-7-10-16(15)22(17)28/h6-14,20-21H,5H2,1-4H3,(H,26,29)(H,27,30)(H,31,32). The average Bonchev–Trinajstić information content (AvgIpc) is 3.07. The predicted octanol–water partition coefficient (Wildman–Crippen LogP) is 3.27. The zero-order chi connectivity index (χ0) is 23.6. The summed E-state index contributed by atoms with van der Waals surface area (Å²) in [6.07, 6.45) is 0.583. The van der Waals surface area contributed by atoms with E-state index in [-0.39, 0.29) is 17.6 Å². The zero-order valence-electron chi connectivity index (χ0n) is 18.6. The molecule has 0 bridgehead atoms. The number of carboxylic acids is 1. The summed E-state index contributed by atoms with van der Waals surface area (Å²) < 4.78 is 0. The van der Waals surface area contributed by atoms with Crippen LogP contribution in [0.1, 0.15) is 60.4 Å². The van der Waals surface area contributed by atoms with E-state index in [1.807, 2.05) is 6.92 Å². The zero-order valence-corrected chi connectivity index (χ0v) is 18.6. The summed E-state index contributed by atoms with van der Waals surface area (Å²) in [5.74, 6) is -2.84.